The number of urea groups is 1. The van der Waals surface area contributed by atoms with Crippen LogP contribution in [0.15, 0.2) is 0 Å². The van der Waals surface area contributed by atoms with E-state index >= 15 is 0 Å². The topological polar surface area (TPSA) is 55.1 Å². The van der Waals surface area contributed by atoms with Gasteiger partial charge in [0.15, 0.2) is 0 Å². The highest BCUT2D eigenvalue weighted by Crippen LogP contribution is 1.86. The molecular weight excluding hydrogens is 124 g/mol. The van der Waals surface area contributed by atoms with Gasteiger partial charge in [-0.05, 0) is 11.9 Å². The third kappa shape index (κ3) is 5.18. The van der Waals surface area contributed by atoms with Gasteiger partial charge in [0.25, 0.3) is 0 Å². The van der Waals surface area contributed by atoms with E-state index in [9.17, 15) is 4.79 Å². The van der Waals surface area contributed by atoms with Crippen molar-refractivity contribution in [3.63, 3.8) is 0 Å². The molecule has 0 radical (unpaired) electrons. The van der Waals surface area contributed by atoms with Gasteiger partial charge in [-0.2, -0.15) is 0 Å². The molecule has 0 rings (SSSR count). The third-order valence-electron chi connectivity index (χ3n) is 0.328. The summed E-state index contributed by atoms with van der Waals surface area (Å²) < 4.78 is 2.26. The molecule has 2 amide bonds. The van der Waals surface area contributed by atoms with Crippen molar-refractivity contribution in [2.75, 3.05) is 5.75 Å². The first-order valence-corrected chi connectivity index (χ1v) is 2.86. The summed E-state index contributed by atoms with van der Waals surface area (Å²) in [5, 5.41) is 0. The lowest BCUT2D eigenvalue weighted by Crippen LogP contribution is -2.23. The number of carbonyl (C=O) groups excluding carboxylic acids is 1. The van der Waals surface area contributed by atoms with Gasteiger partial charge in [-0.1, -0.05) is 5.92 Å². The average molecular weight is 130 g/mol. The van der Waals surface area contributed by atoms with Gasteiger partial charge in [-0.15, -0.1) is 6.42 Å². The summed E-state index contributed by atoms with van der Waals surface area (Å²) in [6.07, 6.45) is 4.85. The molecule has 0 atom stereocenters. The van der Waals surface area contributed by atoms with Crippen LogP contribution < -0.4 is 10.5 Å². The molecule has 0 saturated heterocycles. The molecule has 0 aliphatic carbocycles. The highest BCUT2D eigenvalue weighted by Gasteiger charge is 1.86. The summed E-state index contributed by atoms with van der Waals surface area (Å²) in [5.74, 6) is 2.76. The van der Waals surface area contributed by atoms with Gasteiger partial charge in [0.1, 0.15) is 0 Å². The second-order valence-electron chi connectivity index (χ2n) is 0.959. The van der Waals surface area contributed by atoms with Crippen molar-refractivity contribution in [1.29, 1.82) is 0 Å². The van der Waals surface area contributed by atoms with Gasteiger partial charge in [0.2, 0.25) is 0 Å². The zero-order valence-electron chi connectivity index (χ0n) is 4.18. The van der Waals surface area contributed by atoms with E-state index in [1.165, 1.54) is 0 Å². The number of hydrogen-bond donors (Lipinski definition) is 2. The Kier molecular flexibility index (Phi) is 3.90. The number of hydrogen-bond acceptors (Lipinski definition) is 2. The van der Waals surface area contributed by atoms with Crippen molar-refractivity contribution in [3.8, 4) is 12.3 Å². The van der Waals surface area contributed by atoms with Gasteiger partial charge in [0.05, 0.1) is 5.75 Å². The Morgan fingerprint density at radius 3 is 3.00 bits per heavy atom. The molecule has 3 N–H and O–H groups in total. The number of amides is 2. The molecule has 0 unspecified atom stereocenters. The molecule has 44 valence electrons. The number of nitrogens with one attached hydrogen (secondary N) is 1. The quantitative estimate of drug-likeness (QED) is 0.312. The van der Waals surface area contributed by atoms with Crippen molar-refractivity contribution in [2.24, 2.45) is 5.73 Å². The van der Waals surface area contributed by atoms with E-state index < -0.39 is 6.03 Å². The lowest BCUT2D eigenvalue weighted by molar-refractivity contribution is 0.254. The smallest absolute Gasteiger partial charge is 0.322 e. The second kappa shape index (κ2) is 4.34. The molecular formula is C4H6N2OS. The zero-order valence-corrected chi connectivity index (χ0v) is 4.99. The lowest BCUT2D eigenvalue weighted by atomic mass is 10.8. The summed E-state index contributed by atoms with van der Waals surface area (Å²) in [4.78, 5) is 9.90. The summed E-state index contributed by atoms with van der Waals surface area (Å²) in [6.45, 7) is 0. The number of carbonyl (C=O) groups is 1. The van der Waals surface area contributed by atoms with Crippen molar-refractivity contribution in [3.05, 3.63) is 0 Å². The van der Waals surface area contributed by atoms with Crippen LogP contribution in [0.1, 0.15) is 0 Å². The maximum atomic E-state index is 9.90. The molecule has 0 aliphatic heterocycles. The number of nitrogens with two attached hydrogens (primary N) is 1. The first-order chi connectivity index (χ1) is 3.77. The molecule has 8 heavy (non-hydrogen) atoms. The van der Waals surface area contributed by atoms with Crippen LogP contribution in [0.5, 0.6) is 0 Å². The monoisotopic (exact) mass is 130 g/mol. The van der Waals surface area contributed by atoms with Crippen LogP contribution in [0.3, 0.4) is 0 Å². The van der Waals surface area contributed by atoms with Gasteiger partial charge >= 0.3 is 6.03 Å². The van der Waals surface area contributed by atoms with Crippen molar-refractivity contribution in [1.82, 2.24) is 4.72 Å². The minimum absolute atomic E-state index is 0.447. The minimum Gasteiger partial charge on any atom is -0.351 e. The van der Waals surface area contributed by atoms with Crippen LogP contribution in [0.25, 0.3) is 0 Å². The highest BCUT2D eigenvalue weighted by atomic mass is 32.2. The van der Waals surface area contributed by atoms with Crippen molar-refractivity contribution >= 4 is 18.0 Å². The van der Waals surface area contributed by atoms with Gasteiger partial charge in [0, 0.05) is 0 Å². The van der Waals surface area contributed by atoms with Gasteiger partial charge < -0.3 is 5.73 Å². The van der Waals surface area contributed by atoms with E-state index in [1.807, 2.05) is 0 Å². The summed E-state index contributed by atoms with van der Waals surface area (Å²) in [7, 11) is 0. The standard InChI is InChI=1S/C4H6N2OS/c1-2-3-8-6-4(5)7/h1H,3H2,(H3,5,6,7). The molecule has 0 aromatic heterocycles. The van der Waals surface area contributed by atoms with Gasteiger partial charge in [-0.3, -0.25) is 4.72 Å². The summed E-state index contributed by atoms with van der Waals surface area (Å²) >= 11 is 1.10. The fourth-order valence-corrected chi connectivity index (χ4v) is 0.447. The third-order valence-corrected chi connectivity index (χ3v) is 0.985. The van der Waals surface area contributed by atoms with E-state index in [1.54, 1.807) is 0 Å². The lowest BCUT2D eigenvalue weighted by Gasteiger charge is -1.92. The SMILES string of the molecule is C#CCSNC(N)=O. The fourth-order valence-electron chi connectivity index (χ4n) is 0.149. The van der Waals surface area contributed by atoms with E-state index in [0.717, 1.165) is 11.9 Å². The maximum Gasteiger partial charge on any atom is 0.322 e. The highest BCUT2D eigenvalue weighted by molar-refractivity contribution is 7.98. The van der Waals surface area contributed by atoms with E-state index in [4.69, 9.17) is 12.2 Å². The number of primary amides is 1. The molecule has 0 bridgehead atoms. The van der Waals surface area contributed by atoms with Gasteiger partial charge in [-0.25, -0.2) is 4.79 Å². The van der Waals surface area contributed by atoms with E-state index in [-0.39, 0.29) is 0 Å². The summed E-state index contributed by atoms with van der Waals surface area (Å²) in [6, 6.07) is -0.565. The normalized spacial score (nSPS) is 7.38. The Balaban J connectivity index is 2.97. The van der Waals surface area contributed by atoms with Crippen LogP contribution in [0, 0.1) is 12.3 Å². The van der Waals surface area contributed by atoms with Crippen LogP contribution in [0.4, 0.5) is 4.79 Å². The Morgan fingerprint density at radius 1 is 2.00 bits per heavy atom. The Bertz CT molecular complexity index is 118. The van der Waals surface area contributed by atoms with Crippen molar-refractivity contribution < 1.29 is 4.79 Å². The molecule has 0 saturated carbocycles. The molecule has 0 aromatic carbocycles. The molecule has 0 aromatic rings. The molecule has 0 fully saturated rings. The number of rotatable bonds is 2. The Hall–Kier alpha value is -0.820. The molecule has 0 heterocycles. The predicted molar refractivity (Wildman–Crippen MR) is 34.0 cm³/mol. The first kappa shape index (κ1) is 7.18. The molecule has 3 nitrogen and oxygen atoms in total. The largest absolute Gasteiger partial charge is 0.351 e. The Labute approximate surface area is 52.1 Å². The van der Waals surface area contributed by atoms with Crippen LogP contribution in [-0.4, -0.2) is 11.8 Å². The molecule has 0 aliphatic rings. The van der Waals surface area contributed by atoms with E-state index in [2.05, 4.69) is 10.6 Å². The zero-order chi connectivity index (χ0) is 6.41. The van der Waals surface area contributed by atoms with Crippen LogP contribution in [-0.2, 0) is 0 Å². The minimum atomic E-state index is -0.565. The van der Waals surface area contributed by atoms with E-state index in [0.29, 0.717) is 5.75 Å². The maximum absolute atomic E-state index is 9.90. The van der Waals surface area contributed by atoms with Crippen molar-refractivity contribution in [2.45, 2.75) is 0 Å². The van der Waals surface area contributed by atoms with Crippen LogP contribution >= 0.6 is 11.9 Å². The Morgan fingerprint density at radius 2 is 2.62 bits per heavy atom. The van der Waals surface area contributed by atoms with Crippen LogP contribution in [0.2, 0.25) is 0 Å². The first-order valence-electron chi connectivity index (χ1n) is 1.88. The fraction of sp³-hybridized carbons (Fsp3) is 0.250. The number of terminal acetylenes is 1. The average Bonchev–Trinajstić information content (AvgIpc) is 1.66. The predicted octanol–water partition coefficient (Wildman–Crippen LogP) is -0.0639. The molecule has 4 heteroatoms. The molecule has 0 spiro atoms. The summed E-state index contributed by atoms with van der Waals surface area (Å²) in [5.41, 5.74) is 4.69. The second-order valence-corrected chi connectivity index (χ2v) is 1.74.